The van der Waals surface area contributed by atoms with Crippen molar-refractivity contribution in [2.24, 2.45) is 5.92 Å². The lowest BCUT2D eigenvalue weighted by atomic mass is 10.1. The van der Waals surface area contributed by atoms with E-state index in [4.69, 9.17) is 5.11 Å². The summed E-state index contributed by atoms with van der Waals surface area (Å²) < 4.78 is 0. The van der Waals surface area contributed by atoms with Gasteiger partial charge in [-0.2, -0.15) is 0 Å². The highest BCUT2D eigenvalue weighted by atomic mass is 16.4. The van der Waals surface area contributed by atoms with Crippen LogP contribution in [0.4, 0.5) is 0 Å². The number of hydrogen-bond donors (Lipinski definition) is 1. The summed E-state index contributed by atoms with van der Waals surface area (Å²) in [6, 6.07) is 9.39. The van der Waals surface area contributed by atoms with Crippen LogP contribution in [0.15, 0.2) is 30.3 Å². The van der Waals surface area contributed by atoms with E-state index < -0.39 is 11.9 Å². The largest absolute Gasteiger partial charge is 0.480 e. The summed E-state index contributed by atoms with van der Waals surface area (Å²) in [7, 11) is 0. The molecule has 0 radical (unpaired) electrons. The monoisotopic (exact) mass is 318 g/mol. The second kappa shape index (κ2) is 7.26. The maximum absolute atomic E-state index is 12.5. The number of rotatable bonds is 6. The molecular weight excluding hydrogens is 296 g/mol. The van der Waals surface area contributed by atoms with E-state index in [0.717, 1.165) is 5.56 Å². The molecule has 1 aromatic rings. The molecule has 1 unspecified atom stereocenters. The molecule has 1 fully saturated rings. The zero-order valence-electron chi connectivity index (χ0n) is 13.4. The minimum Gasteiger partial charge on any atom is -0.480 e. The number of hydrogen-bond acceptors (Lipinski definition) is 3. The quantitative estimate of drug-likeness (QED) is 0.859. The third kappa shape index (κ3) is 4.31. The number of likely N-dealkylation sites (tertiary alicyclic amines) is 1. The van der Waals surface area contributed by atoms with Crippen LogP contribution in [0.3, 0.4) is 0 Å². The summed E-state index contributed by atoms with van der Waals surface area (Å²) >= 11 is 0. The zero-order chi connectivity index (χ0) is 17.0. The van der Waals surface area contributed by atoms with Crippen molar-refractivity contribution in [1.29, 1.82) is 0 Å². The Hall–Kier alpha value is -2.37. The van der Waals surface area contributed by atoms with Crippen molar-refractivity contribution in [3.05, 3.63) is 35.9 Å². The summed E-state index contributed by atoms with van der Waals surface area (Å²) in [5.74, 6) is -1.83. The minimum atomic E-state index is -1.04. The van der Waals surface area contributed by atoms with Gasteiger partial charge in [0.2, 0.25) is 11.8 Å². The molecule has 0 spiro atoms. The van der Waals surface area contributed by atoms with E-state index in [0.29, 0.717) is 13.1 Å². The molecule has 1 aromatic carbocycles. The van der Waals surface area contributed by atoms with Crippen LogP contribution in [-0.4, -0.2) is 51.8 Å². The van der Waals surface area contributed by atoms with Gasteiger partial charge in [0.1, 0.15) is 6.54 Å². The van der Waals surface area contributed by atoms with Crippen LogP contribution in [0.2, 0.25) is 0 Å². The molecule has 1 saturated heterocycles. The van der Waals surface area contributed by atoms with Gasteiger partial charge < -0.3 is 14.9 Å². The number of carbonyl (C=O) groups excluding carboxylic acids is 2. The van der Waals surface area contributed by atoms with E-state index in [1.54, 1.807) is 18.7 Å². The molecule has 2 amide bonds. The molecule has 2 rings (SSSR count). The van der Waals surface area contributed by atoms with E-state index >= 15 is 0 Å². The van der Waals surface area contributed by atoms with E-state index in [9.17, 15) is 14.4 Å². The standard InChI is InChI=1S/C17H22N2O4/c1-12(2)19(11-16(21)22)17(23)14-8-15(20)18(10-14)9-13-6-4-3-5-7-13/h3-7,12,14H,8-11H2,1-2H3,(H,21,22). The molecule has 6 heteroatoms. The molecular formula is C17H22N2O4. The van der Waals surface area contributed by atoms with Crippen LogP contribution < -0.4 is 0 Å². The van der Waals surface area contributed by atoms with Gasteiger partial charge in [0.25, 0.3) is 0 Å². The molecule has 0 aromatic heterocycles. The Morgan fingerprint density at radius 1 is 1.30 bits per heavy atom. The highest BCUT2D eigenvalue weighted by molar-refractivity contribution is 5.90. The highest BCUT2D eigenvalue weighted by Crippen LogP contribution is 2.23. The first kappa shape index (κ1) is 17.0. The molecule has 1 atom stereocenters. The van der Waals surface area contributed by atoms with Crippen LogP contribution in [0.1, 0.15) is 25.8 Å². The number of nitrogens with zero attached hydrogens (tertiary/aromatic N) is 2. The predicted molar refractivity (Wildman–Crippen MR) is 84.5 cm³/mol. The first-order valence-corrected chi connectivity index (χ1v) is 7.72. The lowest BCUT2D eigenvalue weighted by Crippen LogP contribution is -2.44. The molecule has 1 aliphatic heterocycles. The Labute approximate surface area is 135 Å². The number of carboxylic acid groups (broad SMARTS) is 1. The normalized spacial score (nSPS) is 17.6. The lowest BCUT2D eigenvalue weighted by Gasteiger charge is -2.27. The zero-order valence-corrected chi connectivity index (χ0v) is 13.4. The Kier molecular flexibility index (Phi) is 5.36. The van der Waals surface area contributed by atoms with Crippen molar-refractivity contribution < 1.29 is 19.5 Å². The van der Waals surface area contributed by atoms with Gasteiger partial charge in [-0.05, 0) is 19.4 Å². The van der Waals surface area contributed by atoms with Crippen LogP contribution in [0.25, 0.3) is 0 Å². The number of aliphatic carboxylic acids is 1. The molecule has 0 bridgehead atoms. The van der Waals surface area contributed by atoms with Gasteiger partial charge in [-0.3, -0.25) is 14.4 Å². The fourth-order valence-corrected chi connectivity index (χ4v) is 2.79. The van der Waals surface area contributed by atoms with Crippen LogP contribution in [0.5, 0.6) is 0 Å². The molecule has 1 heterocycles. The Morgan fingerprint density at radius 2 is 1.96 bits per heavy atom. The van der Waals surface area contributed by atoms with E-state index in [1.807, 2.05) is 30.3 Å². The van der Waals surface area contributed by atoms with Gasteiger partial charge in [-0.1, -0.05) is 30.3 Å². The molecule has 1 N–H and O–H groups in total. The second-order valence-electron chi connectivity index (χ2n) is 6.11. The van der Waals surface area contributed by atoms with E-state index in [1.165, 1.54) is 4.90 Å². The van der Waals surface area contributed by atoms with Crippen LogP contribution in [0, 0.1) is 5.92 Å². The third-order valence-electron chi connectivity index (χ3n) is 3.99. The molecule has 6 nitrogen and oxygen atoms in total. The fraction of sp³-hybridized carbons (Fsp3) is 0.471. The highest BCUT2D eigenvalue weighted by Gasteiger charge is 2.37. The first-order chi connectivity index (χ1) is 10.9. The molecule has 0 saturated carbocycles. The molecule has 1 aliphatic rings. The predicted octanol–water partition coefficient (Wildman–Crippen LogP) is 1.36. The van der Waals surface area contributed by atoms with Crippen molar-refractivity contribution in [2.45, 2.75) is 32.9 Å². The van der Waals surface area contributed by atoms with E-state index in [-0.39, 0.29) is 30.8 Å². The van der Waals surface area contributed by atoms with Gasteiger partial charge in [-0.15, -0.1) is 0 Å². The van der Waals surface area contributed by atoms with Crippen molar-refractivity contribution in [3.8, 4) is 0 Å². The third-order valence-corrected chi connectivity index (χ3v) is 3.99. The Morgan fingerprint density at radius 3 is 2.52 bits per heavy atom. The average molecular weight is 318 g/mol. The molecule has 0 aliphatic carbocycles. The lowest BCUT2D eigenvalue weighted by molar-refractivity contribution is -0.147. The number of carbonyl (C=O) groups is 3. The first-order valence-electron chi connectivity index (χ1n) is 7.72. The average Bonchev–Trinajstić information content (AvgIpc) is 2.86. The van der Waals surface area contributed by atoms with Crippen LogP contribution >= 0.6 is 0 Å². The minimum absolute atomic E-state index is 0.0637. The van der Waals surface area contributed by atoms with Crippen molar-refractivity contribution >= 4 is 17.8 Å². The maximum atomic E-state index is 12.5. The van der Waals surface area contributed by atoms with Crippen molar-refractivity contribution in [1.82, 2.24) is 9.80 Å². The van der Waals surface area contributed by atoms with Crippen molar-refractivity contribution in [2.75, 3.05) is 13.1 Å². The molecule has 23 heavy (non-hydrogen) atoms. The smallest absolute Gasteiger partial charge is 0.323 e. The topological polar surface area (TPSA) is 77.9 Å². The summed E-state index contributed by atoms with van der Waals surface area (Å²) in [5, 5.41) is 8.95. The summed E-state index contributed by atoms with van der Waals surface area (Å²) in [6.45, 7) is 4.04. The fourth-order valence-electron chi connectivity index (χ4n) is 2.79. The second-order valence-corrected chi connectivity index (χ2v) is 6.11. The molecule has 124 valence electrons. The Balaban J connectivity index is 2.03. The summed E-state index contributed by atoms with van der Waals surface area (Å²) in [4.78, 5) is 38.6. The SMILES string of the molecule is CC(C)N(CC(=O)O)C(=O)C1CC(=O)N(Cc2ccccc2)C1. The Bertz CT molecular complexity index is 586. The summed E-state index contributed by atoms with van der Waals surface area (Å²) in [5.41, 5.74) is 1.01. The summed E-state index contributed by atoms with van der Waals surface area (Å²) in [6.07, 6.45) is 0.147. The van der Waals surface area contributed by atoms with Crippen molar-refractivity contribution in [3.63, 3.8) is 0 Å². The van der Waals surface area contributed by atoms with Gasteiger partial charge in [0, 0.05) is 25.6 Å². The van der Waals surface area contributed by atoms with Gasteiger partial charge in [0.05, 0.1) is 5.92 Å². The maximum Gasteiger partial charge on any atom is 0.323 e. The van der Waals surface area contributed by atoms with Gasteiger partial charge in [-0.25, -0.2) is 0 Å². The number of benzene rings is 1. The van der Waals surface area contributed by atoms with Crippen LogP contribution in [-0.2, 0) is 20.9 Å². The van der Waals surface area contributed by atoms with Gasteiger partial charge in [0.15, 0.2) is 0 Å². The van der Waals surface area contributed by atoms with E-state index in [2.05, 4.69) is 0 Å². The number of amides is 2. The number of carboxylic acids is 1. The van der Waals surface area contributed by atoms with Gasteiger partial charge >= 0.3 is 5.97 Å².